The van der Waals surface area contributed by atoms with E-state index in [1.807, 2.05) is 24.8 Å². The fraction of sp³-hybridized carbons (Fsp3) is 0.562. The number of benzene rings is 1. The van der Waals surface area contributed by atoms with Crippen molar-refractivity contribution in [3.05, 3.63) is 29.3 Å². The molecule has 2 atom stereocenters. The average molecular weight is 327 g/mol. The molecule has 0 aliphatic heterocycles. The highest BCUT2D eigenvalue weighted by Crippen LogP contribution is 2.40. The van der Waals surface area contributed by atoms with E-state index in [9.17, 15) is 4.39 Å². The Morgan fingerprint density at radius 1 is 1.43 bits per heavy atom. The Kier molecular flexibility index (Phi) is 4.46. The highest BCUT2D eigenvalue weighted by atomic mass is 35.5. The van der Waals surface area contributed by atoms with Crippen molar-refractivity contribution in [3.8, 4) is 0 Å². The Labute approximate surface area is 134 Å². The molecule has 1 aliphatic carbocycles. The van der Waals surface area contributed by atoms with Crippen LogP contribution in [0.5, 0.6) is 0 Å². The molecular weight excluding hydrogens is 307 g/mol. The molecule has 21 heavy (non-hydrogen) atoms. The Balaban J connectivity index is 2.17. The summed E-state index contributed by atoms with van der Waals surface area (Å²) in [7, 11) is 0. The summed E-state index contributed by atoms with van der Waals surface area (Å²) < 4.78 is 16.1. The predicted molar refractivity (Wildman–Crippen MR) is 89.0 cm³/mol. The van der Waals surface area contributed by atoms with Crippen LogP contribution in [-0.4, -0.2) is 26.9 Å². The maximum atomic E-state index is 13.8. The van der Waals surface area contributed by atoms with Gasteiger partial charge in [0.15, 0.2) is 0 Å². The molecule has 1 heterocycles. The molecule has 0 amide bonds. The second-order valence-electron chi connectivity index (χ2n) is 5.70. The summed E-state index contributed by atoms with van der Waals surface area (Å²) in [5.74, 6) is 1.36. The molecule has 3 rings (SSSR count). The van der Waals surface area contributed by atoms with Crippen LogP contribution in [0.25, 0.3) is 11.0 Å². The summed E-state index contributed by atoms with van der Waals surface area (Å²) in [5, 5.41) is 0.613. The molecule has 0 radical (unpaired) electrons. The van der Waals surface area contributed by atoms with Gasteiger partial charge in [-0.1, -0.05) is 6.42 Å². The van der Waals surface area contributed by atoms with Gasteiger partial charge in [-0.15, -0.1) is 11.6 Å². The van der Waals surface area contributed by atoms with E-state index in [0.29, 0.717) is 22.7 Å². The van der Waals surface area contributed by atoms with Gasteiger partial charge in [-0.05, 0) is 37.7 Å². The third-order valence-corrected chi connectivity index (χ3v) is 5.76. The van der Waals surface area contributed by atoms with Gasteiger partial charge in [0.05, 0.1) is 11.0 Å². The van der Waals surface area contributed by atoms with E-state index in [2.05, 4.69) is 15.8 Å². The first kappa shape index (κ1) is 15.2. The Hall–Kier alpha value is -0.740. The summed E-state index contributed by atoms with van der Waals surface area (Å²) >= 11 is 7.87. The van der Waals surface area contributed by atoms with Gasteiger partial charge >= 0.3 is 0 Å². The molecular formula is C16H20ClFN2S. The van der Waals surface area contributed by atoms with Gasteiger partial charge in [-0.2, -0.15) is 11.8 Å². The molecule has 1 fully saturated rings. The van der Waals surface area contributed by atoms with E-state index in [4.69, 9.17) is 11.6 Å². The average Bonchev–Trinajstić information content (AvgIpc) is 3.03. The van der Waals surface area contributed by atoms with E-state index in [1.54, 1.807) is 6.07 Å². The van der Waals surface area contributed by atoms with Crippen LogP contribution in [-0.2, 0) is 6.42 Å². The molecule has 1 aromatic carbocycles. The fourth-order valence-corrected chi connectivity index (χ4v) is 4.52. The van der Waals surface area contributed by atoms with Crippen molar-refractivity contribution < 1.29 is 4.39 Å². The molecule has 2 nitrogen and oxygen atoms in total. The monoisotopic (exact) mass is 326 g/mol. The molecule has 0 spiro atoms. The first-order chi connectivity index (χ1) is 10.2. The van der Waals surface area contributed by atoms with Gasteiger partial charge in [0.1, 0.15) is 11.6 Å². The highest BCUT2D eigenvalue weighted by Gasteiger charge is 2.31. The molecule has 5 heteroatoms. The van der Waals surface area contributed by atoms with Gasteiger partial charge in [-0.25, -0.2) is 9.37 Å². The van der Waals surface area contributed by atoms with E-state index >= 15 is 0 Å². The summed E-state index contributed by atoms with van der Waals surface area (Å²) in [6, 6.07) is 3.95. The predicted octanol–water partition coefficient (Wildman–Crippen LogP) is 4.72. The van der Waals surface area contributed by atoms with Gasteiger partial charge in [0.25, 0.3) is 0 Å². The number of aryl methyl sites for hydroxylation is 2. The molecule has 2 aromatic rings. The number of halogens is 2. The fourth-order valence-electron chi connectivity index (χ4n) is 3.38. The zero-order valence-electron chi connectivity index (χ0n) is 12.4. The normalized spacial score (nSPS) is 22.3. The van der Waals surface area contributed by atoms with Gasteiger partial charge in [0.2, 0.25) is 0 Å². The van der Waals surface area contributed by atoms with Crippen molar-refractivity contribution in [1.29, 1.82) is 0 Å². The van der Waals surface area contributed by atoms with E-state index in [0.717, 1.165) is 23.3 Å². The number of rotatable bonds is 4. The molecule has 2 unspecified atom stereocenters. The Morgan fingerprint density at radius 3 is 2.95 bits per heavy atom. The number of imidazole rings is 1. The van der Waals surface area contributed by atoms with E-state index in [1.165, 1.54) is 19.3 Å². The molecule has 0 bridgehead atoms. The van der Waals surface area contributed by atoms with E-state index < -0.39 is 0 Å². The lowest BCUT2D eigenvalue weighted by atomic mass is 10.2. The molecule has 114 valence electrons. The zero-order chi connectivity index (χ0) is 15.0. The lowest BCUT2D eigenvalue weighted by Crippen LogP contribution is -2.18. The van der Waals surface area contributed by atoms with Crippen molar-refractivity contribution in [2.75, 3.05) is 12.1 Å². The SMILES string of the molecule is CSC1CCCC1n1c(CCCl)nc2cc(F)c(C)cc21. The number of aromatic nitrogens is 2. The summed E-state index contributed by atoms with van der Waals surface area (Å²) in [6.07, 6.45) is 6.56. The van der Waals surface area contributed by atoms with Crippen LogP contribution in [0.1, 0.15) is 36.7 Å². The number of hydrogen-bond donors (Lipinski definition) is 0. The van der Waals surface area contributed by atoms with Crippen LogP contribution >= 0.6 is 23.4 Å². The first-order valence-electron chi connectivity index (χ1n) is 7.41. The first-order valence-corrected chi connectivity index (χ1v) is 9.23. The van der Waals surface area contributed by atoms with Crippen molar-refractivity contribution >= 4 is 34.4 Å². The molecule has 1 aliphatic rings. The van der Waals surface area contributed by atoms with Gasteiger partial charge < -0.3 is 4.57 Å². The second kappa shape index (κ2) is 6.17. The number of fused-ring (bicyclic) bond motifs is 1. The number of thioether (sulfide) groups is 1. The summed E-state index contributed by atoms with van der Waals surface area (Å²) in [5.41, 5.74) is 2.49. The van der Waals surface area contributed by atoms with Crippen LogP contribution in [0.3, 0.4) is 0 Å². The zero-order valence-corrected chi connectivity index (χ0v) is 14.0. The van der Waals surface area contributed by atoms with Crippen LogP contribution in [0.4, 0.5) is 4.39 Å². The van der Waals surface area contributed by atoms with Crippen LogP contribution in [0.15, 0.2) is 12.1 Å². The van der Waals surface area contributed by atoms with Crippen LogP contribution in [0.2, 0.25) is 0 Å². The lowest BCUT2D eigenvalue weighted by Gasteiger charge is -2.22. The minimum Gasteiger partial charge on any atom is -0.324 e. The highest BCUT2D eigenvalue weighted by molar-refractivity contribution is 7.99. The molecule has 1 saturated carbocycles. The summed E-state index contributed by atoms with van der Waals surface area (Å²) in [6.45, 7) is 1.81. The number of alkyl halides is 1. The minimum atomic E-state index is -0.183. The maximum absolute atomic E-state index is 13.8. The molecule has 1 aromatic heterocycles. The standard InChI is InChI=1S/C16H20ClFN2S/c1-10-8-14-12(9-11(10)18)19-16(6-7-17)20(14)13-4-3-5-15(13)21-2/h8-9,13,15H,3-7H2,1-2H3. The third-order valence-electron chi connectivity index (χ3n) is 4.41. The second-order valence-corrected chi connectivity index (χ2v) is 7.15. The van der Waals surface area contributed by atoms with Crippen LogP contribution in [0, 0.1) is 12.7 Å². The van der Waals surface area contributed by atoms with Crippen molar-refractivity contribution in [2.45, 2.75) is 43.9 Å². The maximum Gasteiger partial charge on any atom is 0.128 e. The van der Waals surface area contributed by atoms with E-state index in [-0.39, 0.29) is 5.82 Å². The largest absolute Gasteiger partial charge is 0.324 e. The topological polar surface area (TPSA) is 17.8 Å². The smallest absolute Gasteiger partial charge is 0.128 e. The number of hydrogen-bond acceptors (Lipinski definition) is 2. The van der Waals surface area contributed by atoms with Crippen LogP contribution < -0.4 is 0 Å². The van der Waals surface area contributed by atoms with Gasteiger partial charge in [0, 0.05) is 29.7 Å². The Morgan fingerprint density at radius 2 is 2.24 bits per heavy atom. The van der Waals surface area contributed by atoms with Crippen molar-refractivity contribution in [1.82, 2.24) is 9.55 Å². The van der Waals surface area contributed by atoms with Crippen molar-refractivity contribution in [3.63, 3.8) is 0 Å². The molecule has 0 N–H and O–H groups in total. The number of nitrogens with zero attached hydrogens (tertiary/aromatic N) is 2. The Bertz CT molecular complexity index is 655. The van der Waals surface area contributed by atoms with Gasteiger partial charge in [-0.3, -0.25) is 0 Å². The quantitative estimate of drug-likeness (QED) is 0.756. The third kappa shape index (κ3) is 2.68. The summed E-state index contributed by atoms with van der Waals surface area (Å²) in [4.78, 5) is 4.65. The molecule has 0 saturated heterocycles. The lowest BCUT2D eigenvalue weighted by molar-refractivity contribution is 0.522. The minimum absolute atomic E-state index is 0.183. The van der Waals surface area contributed by atoms with Crippen molar-refractivity contribution in [2.24, 2.45) is 0 Å².